The van der Waals surface area contributed by atoms with Gasteiger partial charge in [0.15, 0.2) is 5.82 Å². The fourth-order valence-corrected chi connectivity index (χ4v) is 7.25. The molecule has 1 saturated heterocycles. The molecule has 0 radical (unpaired) electrons. The van der Waals surface area contributed by atoms with Crippen LogP contribution >= 0.6 is 22.9 Å². The second-order valence-corrected chi connectivity index (χ2v) is 11.5. The molecule has 2 aromatic rings. The van der Waals surface area contributed by atoms with Gasteiger partial charge in [-0.1, -0.05) is 17.7 Å². The first kappa shape index (κ1) is 19.7. The highest BCUT2D eigenvalue weighted by Gasteiger charge is 2.35. The Morgan fingerprint density at radius 3 is 2.08 bits per heavy atom. The fraction of sp³-hybridized carbons (Fsp3) is 0.333. The van der Waals surface area contributed by atoms with Crippen LogP contribution in [0.2, 0.25) is 5.02 Å². The second-order valence-electron chi connectivity index (χ2n) is 5.73. The molecule has 0 atom stereocenters. The first-order valence-electron chi connectivity index (χ1n) is 7.65. The van der Waals surface area contributed by atoms with Gasteiger partial charge in [-0.3, -0.25) is 0 Å². The van der Waals surface area contributed by atoms with Crippen LogP contribution in [-0.4, -0.2) is 51.6 Å². The zero-order chi connectivity index (χ0) is 19.1. The van der Waals surface area contributed by atoms with Gasteiger partial charge in [-0.25, -0.2) is 21.2 Å². The summed E-state index contributed by atoms with van der Waals surface area (Å²) in [6, 6.07) is 7.04. The molecule has 1 aliphatic heterocycles. The van der Waals surface area contributed by atoms with Crippen LogP contribution in [0.4, 0.5) is 4.39 Å². The van der Waals surface area contributed by atoms with Crippen molar-refractivity contribution in [1.82, 2.24) is 8.61 Å². The molecule has 0 spiro atoms. The van der Waals surface area contributed by atoms with Crippen molar-refractivity contribution in [2.75, 3.05) is 26.2 Å². The minimum Gasteiger partial charge on any atom is -0.207 e. The van der Waals surface area contributed by atoms with Gasteiger partial charge in [-0.15, -0.1) is 11.3 Å². The van der Waals surface area contributed by atoms with E-state index < -0.39 is 30.8 Å². The highest BCUT2D eigenvalue weighted by Crippen LogP contribution is 2.28. The van der Waals surface area contributed by atoms with Crippen LogP contribution in [0.5, 0.6) is 0 Å². The maximum atomic E-state index is 14.1. The molecule has 3 rings (SSSR count). The van der Waals surface area contributed by atoms with Gasteiger partial charge >= 0.3 is 0 Å². The molecule has 1 aromatic carbocycles. The molecule has 1 fully saturated rings. The molecule has 26 heavy (non-hydrogen) atoms. The smallest absolute Gasteiger partial charge is 0.207 e. The number of hydrogen-bond donors (Lipinski definition) is 0. The molecule has 0 unspecified atom stereocenters. The third kappa shape index (κ3) is 3.54. The highest BCUT2D eigenvalue weighted by molar-refractivity contribution is 7.91. The molecule has 0 aliphatic carbocycles. The summed E-state index contributed by atoms with van der Waals surface area (Å²) < 4.78 is 67.2. The third-order valence-electron chi connectivity index (χ3n) is 4.04. The van der Waals surface area contributed by atoms with Crippen LogP contribution in [0.25, 0.3) is 0 Å². The fourth-order valence-electron chi connectivity index (χ4n) is 2.65. The largest absolute Gasteiger partial charge is 0.252 e. The first-order valence-corrected chi connectivity index (χ1v) is 11.7. The maximum Gasteiger partial charge on any atom is 0.252 e. The van der Waals surface area contributed by atoms with E-state index in [1.807, 2.05) is 6.92 Å². The molecule has 6 nitrogen and oxygen atoms in total. The van der Waals surface area contributed by atoms with Gasteiger partial charge in [0.2, 0.25) is 10.0 Å². The van der Waals surface area contributed by atoms with Crippen LogP contribution in [-0.2, 0) is 20.0 Å². The van der Waals surface area contributed by atoms with E-state index in [2.05, 4.69) is 0 Å². The van der Waals surface area contributed by atoms with Gasteiger partial charge in [-0.2, -0.15) is 8.61 Å². The van der Waals surface area contributed by atoms with Crippen molar-refractivity contribution in [3.8, 4) is 0 Å². The van der Waals surface area contributed by atoms with E-state index in [1.165, 1.54) is 27.8 Å². The van der Waals surface area contributed by atoms with Gasteiger partial charge in [0.25, 0.3) is 10.0 Å². The number of piperazine rings is 1. The normalized spacial score (nSPS) is 17.5. The van der Waals surface area contributed by atoms with Crippen molar-refractivity contribution in [2.24, 2.45) is 0 Å². The predicted octanol–water partition coefficient (Wildman–Crippen LogP) is 2.54. The molecule has 142 valence electrons. The standard InChI is InChI=1S/C15H16ClFN2O4S3/c1-11-5-6-14(24-11)26(22,23)19-9-7-18(8-10-19)25(20,21)13-4-2-3-12(16)15(13)17/h2-6H,7-10H2,1H3. The topological polar surface area (TPSA) is 74.8 Å². The molecule has 2 heterocycles. The Kier molecular flexibility index (Phi) is 5.44. The van der Waals surface area contributed by atoms with Gasteiger partial charge < -0.3 is 0 Å². The van der Waals surface area contributed by atoms with Crippen molar-refractivity contribution >= 4 is 43.0 Å². The number of halogens is 2. The Morgan fingerprint density at radius 2 is 1.54 bits per heavy atom. The lowest BCUT2D eigenvalue weighted by atomic mass is 10.3. The number of thiophene rings is 1. The highest BCUT2D eigenvalue weighted by atomic mass is 35.5. The second kappa shape index (κ2) is 7.17. The van der Waals surface area contributed by atoms with Crippen LogP contribution < -0.4 is 0 Å². The average molecular weight is 439 g/mol. The quantitative estimate of drug-likeness (QED) is 0.735. The van der Waals surface area contributed by atoms with Crippen LogP contribution in [0.1, 0.15) is 4.88 Å². The Labute approximate surface area is 160 Å². The third-order valence-corrected chi connectivity index (χ3v) is 9.62. The SMILES string of the molecule is Cc1ccc(S(=O)(=O)N2CCN(S(=O)(=O)c3cccc(Cl)c3F)CC2)s1. The van der Waals surface area contributed by atoms with Crippen molar-refractivity contribution in [3.63, 3.8) is 0 Å². The van der Waals surface area contributed by atoms with Crippen molar-refractivity contribution in [3.05, 3.63) is 46.0 Å². The molecular weight excluding hydrogens is 423 g/mol. The molecule has 0 bridgehead atoms. The van der Waals surface area contributed by atoms with Crippen LogP contribution in [0, 0.1) is 12.7 Å². The summed E-state index contributed by atoms with van der Waals surface area (Å²) >= 11 is 6.84. The number of rotatable bonds is 4. The Balaban J connectivity index is 1.79. The summed E-state index contributed by atoms with van der Waals surface area (Å²) in [4.78, 5) is 0.372. The van der Waals surface area contributed by atoms with E-state index in [0.717, 1.165) is 15.2 Å². The van der Waals surface area contributed by atoms with Gasteiger partial charge in [0.1, 0.15) is 9.10 Å². The average Bonchev–Trinajstić information content (AvgIpc) is 3.04. The Hall–Kier alpha value is -1.04. The Morgan fingerprint density at radius 1 is 0.962 bits per heavy atom. The molecule has 1 aromatic heterocycles. The summed E-state index contributed by atoms with van der Waals surface area (Å²) in [5, 5.41) is -0.277. The summed E-state index contributed by atoms with van der Waals surface area (Å²) in [6.07, 6.45) is 0. The van der Waals surface area contributed by atoms with Crippen LogP contribution in [0.15, 0.2) is 39.4 Å². The minimum atomic E-state index is -4.09. The molecule has 1 aliphatic rings. The van der Waals surface area contributed by atoms with E-state index in [0.29, 0.717) is 0 Å². The molecule has 0 saturated carbocycles. The number of benzene rings is 1. The van der Waals surface area contributed by atoms with E-state index >= 15 is 0 Å². The van der Waals surface area contributed by atoms with E-state index in [-0.39, 0.29) is 35.4 Å². The number of aryl methyl sites for hydroxylation is 1. The lowest BCUT2D eigenvalue weighted by Gasteiger charge is -2.33. The molecule has 0 N–H and O–H groups in total. The van der Waals surface area contributed by atoms with Crippen molar-refractivity contribution in [1.29, 1.82) is 0 Å². The van der Waals surface area contributed by atoms with E-state index in [4.69, 9.17) is 11.6 Å². The monoisotopic (exact) mass is 438 g/mol. The lowest BCUT2D eigenvalue weighted by Crippen LogP contribution is -2.50. The van der Waals surface area contributed by atoms with Crippen molar-refractivity contribution < 1.29 is 21.2 Å². The van der Waals surface area contributed by atoms with Gasteiger partial charge in [-0.05, 0) is 31.2 Å². The Bertz CT molecular complexity index is 1030. The minimum absolute atomic E-state index is 0.000690. The summed E-state index contributed by atoms with van der Waals surface area (Å²) in [7, 11) is -7.74. The number of sulfonamides is 2. The maximum absolute atomic E-state index is 14.1. The lowest BCUT2D eigenvalue weighted by molar-refractivity contribution is 0.272. The first-order chi connectivity index (χ1) is 12.1. The molecule has 0 amide bonds. The van der Waals surface area contributed by atoms with Crippen LogP contribution in [0.3, 0.4) is 0 Å². The summed E-state index contributed by atoms with van der Waals surface area (Å²) in [5.74, 6) is -1.00. The van der Waals surface area contributed by atoms with Crippen molar-refractivity contribution in [2.45, 2.75) is 16.0 Å². The summed E-state index contributed by atoms with van der Waals surface area (Å²) in [5.41, 5.74) is 0. The molecule has 11 heteroatoms. The number of hydrogen-bond acceptors (Lipinski definition) is 5. The number of nitrogens with zero attached hydrogens (tertiary/aromatic N) is 2. The van der Waals surface area contributed by atoms with Gasteiger partial charge in [0.05, 0.1) is 5.02 Å². The van der Waals surface area contributed by atoms with E-state index in [1.54, 1.807) is 12.1 Å². The summed E-state index contributed by atoms with van der Waals surface area (Å²) in [6.45, 7) is 1.70. The molecular formula is C15H16ClFN2O4S3. The zero-order valence-corrected chi connectivity index (χ0v) is 16.9. The zero-order valence-electron chi connectivity index (χ0n) is 13.7. The van der Waals surface area contributed by atoms with Gasteiger partial charge in [0, 0.05) is 31.1 Å². The van der Waals surface area contributed by atoms with E-state index in [9.17, 15) is 21.2 Å². The predicted molar refractivity (Wildman–Crippen MR) is 98.0 cm³/mol.